The van der Waals surface area contributed by atoms with Gasteiger partial charge in [-0.05, 0) is 65.6 Å². The van der Waals surface area contributed by atoms with E-state index in [1.54, 1.807) is 0 Å². The molecule has 0 spiro atoms. The number of fused-ring (bicyclic) bond motifs is 1. The first-order valence-corrected chi connectivity index (χ1v) is 13.2. The first-order chi connectivity index (χ1) is 18.8. The minimum absolute atomic E-state index is 0.139. The van der Waals surface area contributed by atoms with Gasteiger partial charge >= 0.3 is 0 Å². The summed E-state index contributed by atoms with van der Waals surface area (Å²) in [5.41, 5.74) is 8.74. The topological polar surface area (TPSA) is 88.4 Å². The third kappa shape index (κ3) is 4.86. The molecule has 0 amide bonds. The number of benzene rings is 2. The van der Waals surface area contributed by atoms with Crippen molar-refractivity contribution in [2.75, 3.05) is 18.0 Å². The van der Waals surface area contributed by atoms with Crippen LogP contribution in [0.4, 0.5) is 14.5 Å². The summed E-state index contributed by atoms with van der Waals surface area (Å²) < 4.78 is 29.7. The monoisotopic (exact) mass is 528 g/mol. The minimum Gasteiger partial charge on any atom is -0.371 e. The van der Waals surface area contributed by atoms with Gasteiger partial charge in [0.15, 0.2) is 5.65 Å². The summed E-state index contributed by atoms with van der Waals surface area (Å²) in [6.07, 6.45) is 0.538. The van der Waals surface area contributed by atoms with E-state index >= 15 is 0 Å². The Labute approximate surface area is 225 Å². The Morgan fingerprint density at radius 1 is 0.949 bits per heavy atom. The Morgan fingerprint density at radius 3 is 2.41 bits per heavy atom. The number of aryl methyl sites for hydroxylation is 3. The van der Waals surface area contributed by atoms with E-state index in [2.05, 4.69) is 69.4 Å². The molecule has 4 heterocycles. The Balaban J connectivity index is 1.34. The van der Waals surface area contributed by atoms with E-state index in [1.165, 1.54) is 0 Å². The molecule has 1 fully saturated rings. The molecule has 1 N–H and O–H groups in total. The highest BCUT2D eigenvalue weighted by Gasteiger charge is 2.34. The van der Waals surface area contributed by atoms with Crippen molar-refractivity contribution in [3.8, 4) is 22.5 Å². The summed E-state index contributed by atoms with van der Waals surface area (Å²) in [7, 11) is 0. The van der Waals surface area contributed by atoms with Crippen molar-refractivity contribution in [3.05, 3.63) is 71.2 Å². The van der Waals surface area contributed by atoms with Crippen molar-refractivity contribution in [2.45, 2.75) is 52.5 Å². The van der Waals surface area contributed by atoms with Crippen molar-refractivity contribution in [1.82, 2.24) is 35.2 Å². The fraction of sp³-hybridized carbons (Fsp3) is 0.345. The number of alkyl halides is 2. The summed E-state index contributed by atoms with van der Waals surface area (Å²) in [5.74, 6) is -1.10. The Morgan fingerprint density at radius 2 is 1.72 bits per heavy atom. The smallest absolute Gasteiger partial charge is 0.251 e. The fourth-order valence-corrected chi connectivity index (χ4v) is 5.39. The zero-order chi connectivity index (χ0) is 27.1. The van der Waals surface area contributed by atoms with E-state index in [1.807, 2.05) is 30.0 Å². The molecule has 1 aliphatic rings. The molecule has 200 valence electrons. The summed E-state index contributed by atoms with van der Waals surface area (Å²) in [6.45, 7) is 7.49. The van der Waals surface area contributed by atoms with Gasteiger partial charge < -0.3 is 9.47 Å². The number of aromatic amines is 1. The van der Waals surface area contributed by atoms with Gasteiger partial charge in [-0.3, -0.25) is 0 Å². The number of halogens is 2. The van der Waals surface area contributed by atoms with Crippen LogP contribution in [0.3, 0.4) is 0 Å². The lowest BCUT2D eigenvalue weighted by Crippen LogP contribution is -2.39. The van der Waals surface area contributed by atoms with Gasteiger partial charge in [0.25, 0.3) is 5.92 Å². The molecule has 0 atom stereocenters. The maximum absolute atomic E-state index is 13.8. The zero-order valence-corrected chi connectivity index (χ0v) is 22.2. The van der Waals surface area contributed by atoms with E-state index in [9.17, 15) is 8.78 Å². The lowest BCUT2D eigenvalue weighted by atomic mass is 9.96. The van der Waals surface area contributed by atoms with Crippen LogP contribution in [0.5, 0.6) is 0 Å². The molecule has 0 unspecified atom stereocenters. The molecule has 0 bridgehead atoms. The summed E-state index contributed by atoms with van der Waals surface area (Å²) in [5, 5.41) is 14.6. The maximum atomic E-state index is 13.8. The van der Waals surface area contributed by atoms with Crippen molar-refractivity contribution in [2.24, 2.45) is 0 Å². The second-order valence-corrected chi connectivity index (χ2v) is 10.2. The molecule has 2 aromatic carbocycles. The molecule has 0 aliphatic carbocycles. The Hall–Kier alpha value is -4.21. The summed E-state index contributed by atoms with van der Waals surface area (Å²) in [6, 6.07) is 16.4. The van der Waals surface area contributed by atoms with Crippen LogP contribution < -0.4 is 4.90 Å². The predicted molar refractivity (Wildman–Crippen MR) is 147 cm³/mol. The van der Waals surface area contributed by atoms with E-state index in [0.717, 1.165) is 62.6 Å². The highest BCUT2D eigenvalue weighted by molar-refractivity contribution is 5.83. The molecule has 0 saturated carbocycles. The van der Waals surface area contributed by atoms with Gasteiger partial charge in [0.05, 0.1) is 6.54 Å². The highest BCUT2D eigenvalue weighted by atomic mass is 19.3. The van der Waals surface area contributed by atoms with Crippen molar-refractivity contribution >= 4 is 16.9 Å². The van der Waals surface area contributed by atoms with Crippen molar-refractivity contribution < 1.29 is 8.78 Å². The van der Waals surface area contributed by atoms with Crippen LogP contribution in [0.1, 0.15) is 42.4 Å². The van der Waals surface area contributed by atoms with Gasteiger partial charge in [0.2, 0.25) is 5.82 Å². The van der Waals surface area contributed by atoms with Gasteiger partial charge in [-0.1, -0.05) is 31.2 Å². The number of imidazole rings is 1. The summed E-state index contributed by atoms with van der Waals surface area (Å²) in [4.78, 5) is 11.7. The number of aromatic nitrogens is 7. The lowest BCUT2D eigenvalue weighted by molar-refractivity contribution is -0.0220. The normalized spacial score (nSPS) is 15.3. The molecule has 39 heavy (non-hydrogen) atoms. The van der Waals surface area contributed by atoms with E-state index < -0.39 is 5.92 Å². The molecular weight excluding hydrogens is 498 g/mol. The molecule has 1 saturated heterocycles. The molecule has 10 heteroatoms. The van der Waals surface area contributed by atoms with Crippen LogP contribution in [0, 0.1) is 13.8 Å². The third-order valence-corrected chi connectivity index (χ3v) is 7.47. The second kappa shape index (κ2) is 9.83. The number of nitrogens with one attached hydrogen (secondary N) is 1. The standard InChI is InChI=1S/C29H30F2N8/c1-4-25-33-26-18(2)15-19(3)32-28(26)39(25)17-20-5-7-21(8-6-20)24-16-22(38-13-11-29(30,31)12-14-38)9-10-23(24)27-34-36-37-35-27/h5-10,15-16H,4,11-14,17H2,1-3H3,(H,34,35,36,37). The van der Waals surface area contributed by atoms with E-state index in [4.69, 9.17) is 9.97 Å². The highest BCUT2D eigenvalue weighted by Crippen LogP contribution is 2.36. The Kier molecular flexibility index (Phi) is 6.32. The van der Waals surface area contributed by atoms with Gasteiger partial charge in [0, 0.05) is 49.3 Å². The molecule has 8 nitrogen and oxygen atoms in total. The average molecular weight is 529 g/mol. The first-order valence-electron chi connectivity index (χ1n) is 13.2. The number of hydrogen-bond acceptors (Lipinski definition) is 6. The molecule has 6 rings (SSSR count). The Bertz CT molecular complexity index is 1610. The quantitative estimate of drug-likeness (QED) is 0.302. The van der Waals surface area contributed by atoms with Crippen molar-refractivity contribution in [3.63, 3.8) is 0 Å². The van der Waals surface area contributed by atoms with Gasteiger partial charge in [-0.15, -0.1) is 10.2 Å². The van der Waals surface area contributed by atoms with Crippen LogP contribution in [0.25, 0.3) is 33.7 Å². The number of tetrazole rings is 1. The number of rotatable bonds is 6. The maximum Gasteiger partial charge on any atom is 0.251 e. The SMILES string of the molecule is CCc1nc2c(C)cc(C)nc2n1Cc1ccc(-c2cc(N3CCC(F)(F)CC3)ccc2-c2nn[nH]n2)cc1. The number of H-pyrrole nitrogens is 1. The fourth-order valence-electron chi connectivity index (χ4n) is 5.39. The van der Waals surface area contributed by atoms with Gasteiger partial charge in [-0.2, -0.15) is 5.21 Å². The zero-order valence-electron chi connectivity index (χ0n) is 22.2. The second-order valence-electron chi connectivity index (χ2n) is 10.2. The largest absolute Gasteiger partial charge is 0.371 e. The average Bonchev–Trinajstić information content (AvgIpc) is 3.58. The van der Waals surface area contributed by atoms with Gasteiger partial charge in [-0.25, -0.2) is 18.7 Å². The van der Waals surface area contributed by atoms with E-state index in [-0.39, 0.29) is 12.8 Å². The first kappa shape index (κ1) is 25.1. The van der Waals surface area contributed by atoms with Crippen LogP contribution in [-0.2, 0) is 13.0 Å². The molecule has 5 aromatic rings. The molecule has 3 aromatic heterocycles. The number of pyridine rings is 1. The predicted octanol–water partition coefficient (Wildman–Crippen LogP) is 5.74. The molecule has 1 aliphatic heterocycles. The molecular formula is C29H30F2N8. The minimum atomic E-state index is -2.59. The van der Waals surface area contributed by atoms with Gasteiger partial charge in [0.1, 0.15) is 11.3 Å². The number of nitrogens with zero attached hydrogens (tertiary/aromatic N) is 7. The van der Waals surface area contributed by atoms with Crippen LogP contribution in [0.15, 0.2) is 48.5 Å². The van der Waals surface area contributed by atoms with Crippen LogP contribution in [-0.4, -0.2) is 54.2 Å². The summed E-state index contributed by atoms with van der Waals surface area (Å²) >= 11 is 0. The van der Waals surface area contributed by atoms with Crippen molar-refractivity contribution in [1.29, 1.82) is 0 Å². The third-order valence-electron chi connectivity index (χ3n) is 7.47. The van der Waals surface area contributed by atoms with Crippen LogP contribution >= 0.6 is 0 Å². The number of hydrogen-bond donors (Lipinski definition) is 1. The number of piperidine rings is 1. The van der Waals surface area contributed by atoms with Crippen LogP contribution in [0.2, 0.25) is 0 Å². The lowest BCUT2D eigenvalue weighted by Gasteiger charge is -2.33. The number of anilines is 1. The molecule has 0 radical (unpaired) electrons. The van der Waals surface area contributed by atoms with E-state index in [0.29, 0.717) is 25.5 Å².